The number of nitrogens with one attached hydrogen (secondary N) is 1. The normalized spacial score (nSPS) is 13.6. The highest BCUT2D eigenvalue weighted by atomic mass is 35.5. The predicted molar refractivity (Wildman–Crippen MR) is 110 cm³/mol. The number of methoxy groups -OCH3 is 1. The summed E-state index contributed by atoms with van der Waals surface area (Å²) in [5.41, 5.74) is 1.52. The predicted octanol–water partition coefficient (Wildman–Crippen LogP) is 4.04. The van der Waals surface area contributed by atoms with E-state index in [9.17, 15) is 9.59 Å². The van der Waals surface area contributed by atoms with Gasteiger partial charge in [0.25, 0.3) is 11.5 Å². The monoisotopic (exact) mass is 397 g/mol. The Bertz CT molecular complexity index is 1120. The number of benzene rings is 2. The average molecular weight is 398 g/mol. The van der Waals surface area contributed by atoms with Gasteiger partial charge in [-0.3, -0.25) is 14.2 Å². The lowest BCUT2D eigenvalue weighted by atomic mass is 10.1. The van der Waals surface area contributed by atoms with Gasteiger partial charge >= 0.3 is 0 Å². The molecule has 1 N–H and O–H groups in total. The summed E-state index contributed by atoms with van der Waals surface area (Å²) in [7, 11) is 1.53. The molecule has 1 aliphatic heterocycles. The van der Waals surface area contributed by atoms with Crippen LogP contribution in [-0.2, 0) is 13.0 Å². The third-order valence-electron chi connectivity index (χ3n) is 4.99. The fraction of sp³-hybridized carbons (Fsp3) is 0.286. The van der Waals surface area contributed by atoms with Crippen LogP contribution in [-0.4, -0.2) is 22.6 Å². The van der Waals surface area contributed by atoms with Crippen LogP contribution in [0.15, 0.2) is 41.2 Å². The molecular weight excluding hydrogens is 378 g/mol. The van der Waals surface area contributed by atoms with Crippen LogP contribution in [0.3, 0.4) is 0 Å². The topological polar surface area (TPSA) is 73.2 Å². The van der Waals surface area contributed by atoms with E-state index in [-0.39, 0.29) is 11.5 Å². The molecule has 0 spiro atoms. The van der Waals surface area contributed by atoms with E-state index in [0.717, 1.165) is 31.5 Å². The summed E-state index contributed by atoms with van der Waals surface area (Å²) in [4.78, 5) is 30.1. The molecule has 2 heterocycles. The van der Waals surface area contributed by atoms with Crippen molar-refractivity contribution in [2.75, 3.05) is 12.4 Å². The van der Waals surface area contributed by atoms with Gasteiger partial charge in [0.05, 0.1) is 23.0 Å². The molecule has 0 atom stereocenters. The fourth-order valence-electron chi connectivity index (χ4n) is 3.51. The van der Waals surface area contributed by atoms with Crippen molar-refractivity contribution in [3.63, 3.8) is 0 Å². The molecular formula is C21H20ClN3O3. The van der Waals surface area contributed by atoms with E-state index in [2.05, 4.69) is 10.3 Å². The maximum atomic E-state index is 12.8. The van der Waals surface area contributed by atoms with E-state index in [1.165, 1.54) is 7.11 Å². The number of hydrogen-bond acceptors (Lipinski definition) is 4. The second kappa shape index (κ2) is 7.64. The van der Waals surface area contributed by atoms with Crippen LogP contribution < -0.4 is 15.6 Å². The molecule has 0 radical (unpaired) electrons. The molecule has 28 heavy (non-hydrogen) atoms. The van der Waals surface area contributed by atoms with Gasteiger partial charge in [-0.1, -0.05) is 18.0 Å². The highest BCUT2D eigenvalue weighted by molar-refractivity contribution is 6.32. The van der Waals surface area contributed by atoms with Gasteiger partial charge in [0.15, 0.2) is 0 Å². The van der Waals surface area contributed by atoms with Crippen LogP contribution in [0.2, 0.25) is 5.02 Å². The molecule has 6 nitrogen and oxygen atoms in total. The Kier molecular flexibility index (Phi) is 5.05. The van der Waals surface area contributed by atoms with E-state index in [0.29, 0.717) is 39.5 Å². The first-order chi connectivity index (χ1) is 13.6. The van der Waals surface area contributed by atoms with Crippen molar-refractivity contribution in [1.29, 1.82) is 0 Å². The second-order valence-electron chi connectivity index (χ2n) is 6.83. The largest absolute Gasteiger partial charge is 0.495 e. The van der Waals surface area contributed by atoms with Crippen molar-refractivity contribution in [2.24, 2.45) is 0 Å². The number of rotatable bonds is 3. The lowest BCUT2D eigenvalue weighted by Crippen LogP contribution is -2.24. The highest BCUT2D eigenvalue weighted by Gasteiger charge is 2.15. The summed E-state index contributed by atoms with van der Waals surface area (Å²) in [5.74, 6) is 1.05. The number of carbonyl (C=O) groups excluding carboxylic acids is 1. The van der Waals surface area contributed by atoms with Gasteiger partial charge in [-0.05, 0) is 49.2 Å². The third kappa shape index (κ3) is 3.47. The Labute approximate surface area is 167 Å². The van der Waals surface area contributed by atoms with Crippen LogP contribution in [0, 0.1) is 0 Å². The van der Waals surface area contributed by atoms with Gasteiger partial charge in [0, 0.05) is 24.2 Å². The van der Waals surface area contributed by atoms with Crippen LogP contribution >= 0.6 is 11.6 Å². The number of ether oxygens (including phenoxy) is 1. The molecule has 0 bridgehead atoms. The van der Waals surface area contributed by atoms with Gasteiger partial charge in [0.1, 0.15) is 11.6 Å². The molecule has 0 aliphatic carbocycles. The Morgan fingerprint density at radius 1 is 1.18 bits per heavy atom. The van der Waals surface area contributed by atoms with E-state index < -0.39 is 0 Å². The molecule has 1 aliphatic rings. The quantitative estimate of drug-likeness (QED) is 0.724. The summed E-state index contributed by atoms with van der Waals surface area (Å²) >= 11 is 6.11. The van der Waals surface area contributed by atoms with Gasteiger partial charge in [0.2, 0.25) is 0 Å². The Morgan fingerprint density at radius 2 is 2.04 bits per heavy atom. The molecule has 3 aromatic rings. The minimum absolute atomic E-state index is 0.0317. The number of fused-ring (bicyclic) bond motifs is 2. The summed E-state index contributed by atoms with van der Waals surface area (Å²) in [6, 6.07) is 10.0. The zero-order chi connectivity index (χ0) is 19.7. The summed E-state index contributed by atoms with van der Waals surface area (Å²) in [6.07, 6.45) is 3.89. The summed E-state index contributed by atoms with van der Waals surface area (Å²) in [6.45, 7) is 0.706. The molecule has 144 valence electrons. The molecule has 2 aromatic carbocycles. The van der Waals surface area contributed by atoms with E-state index in [1.807, 2.05) is 0 Å². The molecule has 0 saturated carbocycles. The van der Waals surface area contributed by atoms with Crippen molar-refractivity contribution in [2.45, 2.75) is 32.2 Å². The lowest BCUT2D eigenvalue weighted by Gasteiger charge is -2.11. The maximum Gasteiger partial charge on any atom is 0.261 e. The van der Waals surface area contributed by atoms with Gasteiger partial charge in [-0.25, -0.2) is 4.98 Å². The summed E-state index contributed by atoms with van der Waals surface area (Å²) in [5, 5.41) is 3.76. The van der Waals surface area contributed by atoms with Crippen molar-refractivity contribution >= 4 is 34.1 Å². The number of halogens is 1. The molecule has 1 amide bonds. The van der Waals surface area contributed by atoms with Crippen molar-refractivity contribution < 1.29 is 9.53 Å². The van der Waals surface area contributed by atoms with E-state index in [1.54, 1.807) is 41.0 Å². The lowest BCUT2D eigenvalue weighted by molar-refractivity contribution is 0.102. The number of carbonyl (C=O) groups is 1. The first-order valence-corrected chi connectivity index (χ1v) is 9.63. The van der Waals surface area contributed by atoms with Crippen LogP contribution in [0.1, 0.15) is 35.4 Å². The Morgan fingerprint density at radius 3 is 2.82 bits per heavy atom. The molecule has 0 fully saturated rings. The number of aromatic nitrogens is 2. The van der Waals surface area contributed by atoms with Gasteiger partial charge in [-0.2, -0.15) is 0 Å². The standard InChI is InChI=1S/C21H20ClN3O3/c1-28-18-9-7-14(12-16(18)22)23-20(26)13-6-8-15-17(11-13)24-19-5-3-2-4-10-25(19)21(15)27/h6-9,11-12H,2-5,10H2,1H3,(H,23,26). The van der Waals surface area contributed by atoms with Crippen LogP contribution in [0.25, 0.3) is 10.9 Å². The number of amides is 1. The number of aryl methyl sites for hydroxylation is 1. The minimum atomic E-state index is -0.292. The SMILES string of the molecule is COc1ccc(NC(=O)c2ccc3c(=O)n4c(nc3c2)CCCCC4)cc1Cl. The molecule has 0 saturated heterocycles. The van der Waals surface area contributed by atoms with Gasteiger partial charge in [-0.15, -0.1) is 0 Å². The van der Waals surface area contributed by atoms with Crippen molar-refractivity contribution in [1.82, 2.24) is 9.55 Å². The third-order valence-corrected chi connectivity index (χ3v) is 5.28. The minimum Gasteiger partial charge on any atom is -0.495 e. The maximum absolute atomic E-state index is 12.8. The first-order valence-electron chi connectivity index (χ1n) is 9.25. The Balaban J connectivity index is 1.66. The zero-order valence-corrected chi connectivity index (χ0v) is 16.3. The van der Waals surface area contributed by atoms with E-state index >= 15 is 0 Å². The first kappa shape index (κ1) is 18.5. The summed E-state index contributed by atoms with van der Waals surface area (Å²) < 4.78 is 6.89. The van der Waals surface area contributed by atoms with E-state index in [4.69, 9.17) is 16.3 Å². The van der Waals surface area contributed by atoms with Gasteiger partial charge < -0.3 is 10.1 Å². The Hall–Kier alpha value is -2.86. The second-order valence-corrected chi connectivity index (χ2v) is 7.24. The smallest absolute Gasteiger partial charge is 0.261 e. The van der Waals surface area contributed by atoms with Crippen molar-refractivity contribution in [3.8, 4) is 5.75 Å². The van der Waals surface area contributed by atoms with Crippen LogP contribution in [0.4, 0.5) is 5.69 Å². The van der Waals surface area contributed by atoms with Crippen molar-refractivity contribution in [3.05, 3.63) is 63.2 Å². The highest BCUT2D eigenvalue weighted by Crippen LogP contribution is 2.27. The number of anilines is 1. The average Bonchev–Trinajstić information content (AvgIpc) is 2.93. The molecule has 7 heteroatoms. The molecule has 4 rings (SSSR count). The van der Waals surface area contributed by atoms with Crippen LogP contribution in [0.5, 0.6) is 5.75 Å². The number of nitrogens with zero attached hydrogens (tertiary/aromatic N) is 2. The molecule has 0 unspecified atom stereocenters. The number of hydrogen-bond donors (Lipinski definition) is 1. The zero-order valence-electron chi connectivity index (χ0n) is 15.5. The fourth-order valence-corrected chi connectivity index (χ4v) is 3.76. The molecule has 1 aromatic heterocycles.